The van der Waals surface area contributed by atoms with Gasteiger partial charge in [-0.25, -0.2) is 0 Å². The second-order valence-electron chi connectivity index (χ2n) is 10.3. The summed E-state index contributed by atoms with van der Waals surface area (Å²) in [7, 11) is 0. The Morgan fingerprint density at radius 2 is 1.35 bits per heavy atom. The Kier molecular flexibility index (Phi) is 7.84. The number of unbranched alkanes of at least 4 members (excludes halogenated alkanes) is 2. The van der Waals surface area contributed by atoms with Crippen molar-refractivity contribution in [2.75, 3.05) is 6.61 Å². The molecule has 0 saturated heterocycles. The quantitative estimate of drug-likeness (QED) is 0.144. The van der Waals surface area contributed by atoms with Crippen LogP contribution in [0.15, 0.2) is 103 Å². The number of rotatable bonds is 9. The van der Waals surface area contributed by atoms with E-state index in [2.05, 4.69) is 95.2 Å². The molecule has 1 atom stereocenters. The molecule has 0 bridgehead atoms. The maximum absolute atomic E-state index is 16.0. The first-order valence-corrected chi connectivity index (χ1v) is 17.8. The number of fused-ring (bicyclic) bond motifs is 1. The molecule has 4 heteroatoms. The molecule has 4 aromatic rings. The molecule has 1 aliphatic rings. The van der Waals surface area contributed by atoms with Gasteiger partial charge in [-0.05, 0) is 0 Å². The fourth-order valence-electron chi connectivity index (χ4n) is 5.76. The Hall–Kier alpha value is -2.48. The molecule has 0 aliphatic carbocycles. The summed E-state index contributed by atoms with van der Waals surface area (Å²) in [4.78, 5) is 0. The molecule has 0 fully saturated rings. The minimum atomic E-state index is -3.28. The summed E-state index contributed by atoms with van der Waals surface area (Å²) >= 11 is 4.45. The average molecular weight is 578 g/mol. The third kappa shape index (κ3) is 5.01. The number of hydrogen-bond acceptors (Lipinski definition) is 1. The van der Waals surface area contributed by atoms with Crippen molar-refractivity contribution >= 4 is 36.7 Å². The Balaban J connectivity index is 1.63. The Bertz CT molecular complexity index is 1230. The van der Waals surface area contributed by atoms with Gasteiger partial charge in [0.05, 0.1) is 0 Å². The molecule has 0 aromatic heterocycles. The van der Waals surface area contributed by atoms with Crippen molar-refractivity contribution in [3.63, 3.8) is 0 Å². The fourth-order valence-corrected chi connectivity index (χ4v) is 13.4. The molecule has 1 heterocycles. The summed E-state index contributed by atoms with van der Waals surface area (Å²) in [5.41, 5.74) is 1.69. The van der Waals surface area contributed by atoms with Gasteiger partial charge in [0.2, 0.25) is 0 Å². The van der Waals surface area contributed by atoms with Crippen LogP contribution in [0.25, 0.3) is 0 Å². The predicted octanol–water partition coefficient (Wildman–Crippen LogP) is 8.30. The third-order valence-corrected chi connectivity index (χ3v) is 17.3. The van der Waals surface area contributed by atoms with Crippen molar-refractivity contribution < 1.29 is 9.13 Å². The van der Waals surface area contributed by atoms with E-state index in [4.69, 9.17) is 4.74 Å². The van der Waals surface area contributed by atoms with E-state index < -0.39 is 5.31 Å². The molecule has 4 aromatic carbocycles. The van der Waals surface area contributed by atoms with Crippen LogP contribution in [0, 0.1) is 11.7 Å². The van der Waals surface area contributed by atoms with Gasteiger partial charge in [-0.2, -0.15) is 0 Å². The predicted molar refractivity (Wildman–Crippen MR) is 161 cm³/mol. The van der Waals surface area contributed by atoms with Gasteiger partial charge < -0.3 is 0 Å². The van der Waals surface area contributed by atoms with Crippen LogP contribution in [0.5, 0.6) is 5.75 Å². The van der Waals surface area contributed by atoms with Crippen molar-refractivity contribution in [1.29, 1.82) is 0 Å². The van der Waals surface area contributed by atoms with Crippen molar-refractivity contribution in [3.05, 3.63) is 120 Å². The summed E-state index contributed by atoms with van der Waals surface area (Å²) in [5.74, 6) is 1.17. The molecule has 0 saturated carbocycles. The van der Waals surface area contributed by atoms with Crippen LogP contribution >= 0.6 is 20.8 Å². The van der Waals surface area contributed by atoms with E-state index in [-0.39, 0.29) is 5.82 Å². The van der Waals surface area contributed by atoms with Gasteiger partial charge in [0, 0.05) is 0 Å². The van der Waals surface area contributed by atoms with E-state index in [1.807, 2.05) is 24.3 Å². The molecule has 0 spiro atoms. The van der Waals surface area contributed by atoms with E-state index in [0.29, 0.717) is 17.6 Å². The molecule has 37 heavy (non-hydrogen) atoms. The second-order valence-corrected chi connectivity index (χ2v) is 19.2. The third-order valence-electron chi connectivity index (χ3n) is 7.78. The fraction of sp³-hybridized carbons (Fsp3) is 0.273. The molecule has 0 amide bonds. The SMILES string of the molecule is CCCCCC1COc2cc(CP(Br)(c3ccccc3)(c3ccccc3)c3ccccc3)c(F)cc2C1. The molecular weight excluding hydrogens is 542 g/mol. The molecule has 0 N–H and O–H groups in total. The summed E-state index contributed by atoms with van der Waals surface area (Å²) in [6.45, 7) is 2.94. The number of ether oxygens (including phenoxy) is 1. The van der Waals surface area contributed by atoms with Crippen molar-refractivity contribution in [1.82, 2.24) is 0 Å². The summed E-state index contributed by atoms with van der Waals surface area (Å²) in [6, 6.07) is 35.4. The topological polar surface area (TPSA) is 9.23 Å². The maximum atomic E-state index is 16.0. The summed E-state index contributed by atoms with van der Waals surface area (Å²) in [6.07, 6.45) is 6.23. The molecule has 192 valence electrons. The normalized spacial score (nSPS) is 16.3. The average Bonchev–Trinajstić information content (AvgIpc) is 2.95. The summed E-state index contributed by atoms with van der Waals surface area (Å²) in [5, 5.41) is 0.259. The second kappa shape index (κ2) is 11.1. The van der Waals surface area contributed by atoms with Crippen molar-refractivity contribution in [3.8, 4) is 5.75 Å². The van der Waals surface area contributed by atoms with Crippen molar-refractivity contribution in [2.24, 2.45) is 5.92 Å². The van der Waals surface area contributed by atoms with Crippen LogP contribution in [0.4, 0.5) is 4.39 Å². The van der Waals surface area contributed by atoms with E-state index in [0.717, 1.165) is 30.8 Å². The standard InChI is InChI=1S/C33H35BrFOP/c1-2-3-7-14-26-21-27-22-32(35)28(23-33(27)36-24-26)25-37(34,29-15-8-4-9-16-29,30-17-10-5-11-18-30)31-19-12-6-13-20-31/h4-6,8-13,15-20,22-23,26H,2-3,7,14,21,24-25H2,1H3. The Labute approximate surface area is 228 Å². The summed E-state index contributed by atoms with van der Waals surface area (Å²) < 4.78 is 22.3. The molecule has 5 rings (SSSR count). The van der Waals surface area contributed by atoms with Crippen LogP contribution in [-0.4, -0.2) is 6.61 Å². The van der Waals surface area contributed by atoms with Crippen LogP contribution in [-0.2, 0) is 12.6 Å². The first kappa shape index (κ1) is 26.1. The van der Waals surface area contributed by atoms with Gasteiger partial charge in [-0.15, -0.1) is 0 Å². The molecule has 0 radical (unpaired) electrons. The van der Waals surface area contributed by atoms with Gasteiger partial charge in [0.25, 0.3) is 0 Å². The van der Waals surface area contributed by atoms with Gasteiger partial charge in [-0.1, -0.05) is 0 Å². The molecular formula is C33H35BrFOP. The minimum absolute atomic E-state index is 0.146. The number of halogens is 2. The molecule has 1 unspecified atom stereocenters. The first-order chi connectivity index (χ1) is 18.0. The van der Waals surface area contributed by atoms with E-state index >= 15 is 4.39 Å². The van der Waals surface area contributed by atoms with Gasteiger partial charge >= 0.3 is 229 Å². The van der Waals surface area contributed by atoms with Crippen molar-refractivity contribution in [2.45, 2.75) is 45.2 Å². The Morgan fingerprint density at radius 1 is 0.811 bits per heavy atom. The van der Waals surface area contributed by atoms with Gasteiger partial charge in [0.15, 0.2) is 0 Å². The van der Waals surface area contributed by atoms with E-state index in [1.165, 1.54) is 35.2 Å². The van der Waals surface area contributed by atoms with E-state index in [1.54, 1.807) is 6.07 Å². The monoisotopic (exact) mass is 576 g/mol. The zero-order chi connectivity index (χ0) is 25.7. The van der Waals surface area contributed by atoms with Crippen LogP contribution < -0.4 is 20.7 Å². The van der Waals surface area contributed by atoms with Gasteiger partial charge in [0.1, 0.15) is 0 Å². The van der Waals surface area contributed by atoms with E-state index in [9.17, 15) is 0 Å². The van der Waals surface area contributed by atoms with Crippen LogP contribution in [0.2, 0.25) is 0 Å². The van der Waals surface area contributed by atoms with Crippen LogP contribution in [0.1, 0.15) is 43.7 Å². The zero-order valence-corrected chi connectivity index (χ0v) is 23.9. The molecule has 1 nitrogen and oxygen atoms in total. The number of benzene rings is 4. The Morgan fingerprint density at radius 3 is 1.86 bits per heavy atom. The zero-order valence-electron chi connectivity index (χ0n) is 21.5. The molecule has 1 aliphatic heterocycles. The van der Waals surface area contributed by atoms with Gasteiger partial charge in [-0.3, -0.25) is 0 Å². The number of hydrogen-bond donors (Lipinski definition) is 0. The van der Waals surface area contributed by atoms with Crippen LogP contribution in [0.3, 0.4) is 0 Å². The first-order valence-electron chi connectivity index (χ1n) is 13.4.